The Hall–Kier alpha value is -0.650. The molecule has 0 aliphatic carbocycles. The molecule has 0 aliphatic rings. The molecule has 0 aromatic rings. The summed E-state index contributed by atoms with van der Waals surface area (Å²) in [6.45, 7) is 7.10. The van der Waals surface area contributed by atoms with Crippen molar-refractivity contribution < 1.29 is 14.3 Å². The van der Waals surface area contributed by atoms with Gasteiger partial charge in [0.25, 0.3) is 0 Å². The van der Waals surface area contributed by atoms with E-state index in [2.05, 4.69) is 4.74 Å². The maximum atomic E-state index is 11.1. The molecule has 16 heavy (non-hydrogen) atoms. The third-order valence-electron chi connectivity index (χ3n) is 2.46. The van der Waals surface area contributed by atoms with Crippen molar-refractivity contribution >= 4 is 5.97 Å². The number of nitrogens with two attached hydrogens (primary N) is 1. The minimum absolute atomic E-state index is 0.0803. The van der Waals surface area contributed by atoms with Gasteiger partial charge in [-0.1, -0.05) is 6.92 Å². The Kier molecular flexibility index (Phi) is 9.18. The van der Waals surface area contributed by atoms with E-state index >= 15 is 0 Å². The molecule has 0 aromatic carbocycles. The summed E-state index contributed by atoms with van der Waals surface area (Å²) in [7, 11) is 1.40. The van der Waals surface area contributed by atoms with Crippen molar-refractivity contribution in [2.24, 2.45) is 5.73 Å². The van der Waals surface area contributed by atoms with Crippen LogP contribution in [0.2, 0.25) is 0 Å². The summed E-state index contributed by atoms with van der Waals surface area (Å²) in [6.07, 6.45) is 0.923. The highest BCUT2D eigenvalue weighted by molar-refractivity contribution is 5.71. The number of hydrogen-bond acceptors (Lipinski definition) is 5. The van der Waals surface area contributed by atoms with Crippen molar-refractivity contribution in [3.05, 3.63) is 0 Å². The van der Waals surface area contributed by atoms with Gasteiger partial charge in [0.15, 0.2) is 0 Å². The van der Waals surface area contributed by atoms with Crippen LogP contribution < -0.4 is 5.73 Å². The first kappa shape index (κ1) is 15.3. The molecule has 0 aromatic heterocycles. The topological polar surface area (TPSA) is 64.8 Å². The lowest BCUT2D eigenvalue weighted by Gasteiger charge is -2.22. The molecule has 0 saturated heterocycles. The number of carbonyl (C=O) groups is 1. The summed E-state index contributed by atoms with van der Waals surface area (Å²) in [5.74, 6) is -0.206. The van der Waals surface area contributed by atoms with Gasteiger partial charge in [0, 0.05) is 19.7 Å². The van der Waals surface area contributed by atoms with Gasteiger partial charge in [-0.05, 0) is 19.9 Å². The summed E-state index contributed by atoms with van der Waals surface area (Å²) in [4.78, 5) is 13.1. The quantitative estimate of drug-likeness (QED) is 0.577. The standard InChI is InChI=1S/C11H24N2O3/c1-4-13(9-11(14)15-3)7-6-10(8-12)16-5-2/h10H,4-9,12H2,1-3H3. The van der Waals surface area contributed by atoms with Gasteiger partial charge < -0.3 is 15.2 Å². The van der Waals surface area contributed by atoms with Crippen LogP contribution in [0, 0.1) is 0 Å². The largest absolute Gasteiger partial charge is 0.468 e. The molecule has 5 heteroatoms. The van der Waals surface area contributed by atoms with Gasteiger partial charge in [-0.2, -0.15) is 0 Å². The van der Waals surface area contributed by atoms with Gasteiger partial charge in [-0.15, -0.1) is 0 Å². The molecule has 0 heterocycles. The maximum absolute atomic E-state index is 11.1. The molecule has 0 bridgehead atoms. The molecule has 0 saturated carbocycles. The average Bonchev–Trinajstić information content (AvgIpc) is 2.32. The first-order valence-corrected chi connectivity index (χ1v) is 5.78. The van der Waals surface area contributed by atoms with Gasteiger partial charge >= 0.3 is 5.97 Å². The molecule has 5 nitrogen and oxygen atoms in total. The van der Waals surface area contributed by atoms with Crippen LogP contribution in [0.25, 0.3) is 0 Å². The SMILES string of the molecule is CCOC(CN)CCN(CC)CC(=O)OC. The van der Waals surface area contributed by atoms with Crippen LogP contribution in [0.15, 0.2) is 0 Å². The fraction of sp³-hybridized carbons (Fsp3) is 0.909. The lowest BCUT2D eigenvalue weighted by atomic mass is 10.2. The Morgan fingerprint density at radius 3 is 2.56 bits per heavy atom. The molecule has 0 radical (unpaired) electrons. The van der Waals surface area contributed by atoms with E-state index < -0.39 is 0 Å². The molecule has 0 aliphatic heterocycles. The molecular formula is C11H24N2O3. The number of esters is 1. The molecule has 0 spiro atoms. The molecular weight excluding hydrogens is 208 g/mol. The Morgan fingerprint density at radius 1 is 1.44 bits per heavy atom. The molecule has 1 unspecified atom stereocenters. The second-order valence-electron chi connectivity index (χ2n) is 3.55. The van der Waals surface area contributed by atoms with Gasteiger partial charge in [0.05, 0.1) is 19.8 Å². The molecule has 0 rings (SSSR count). The fourth-order valence-corrected chi connectivity index (χ4v) is 1.43. The molecule has 0 amide bonds. The van der Waals surface area contributed by atoms with Crippen molar-refractivity contribution in [2.45, 2.75) is 26.4 Å². The summed E-state index contributed by atoms with van der Waals surface area (Å²) in [5, 5.41) is 0. The lowest BCUT2D eigenvalue weighted by molar-refractivity contribution is -0.142. The third kappa shape index (κ3) is 6.76. The van der Waals surface area contributed by atoms with Crippen LogP contribution in [0.1, 0.15) is 20.3 Å². The minimum atomic E-state index is -0.206. The average molecular weight is 232 g/mol. The summed E-state index contributed by atoms with van der Waals surface area (Å²) in [5.41, 5.74) is 5.58. The first-order chi connectivity index (χ1) is 7.67. The summed E-state index contributed by atoms with van der Waals surface area (Å²) in [6, 6.07) is 0. The Bertz CT molecular complexity index is 188. The zero-order valence-electron chi connectivity index (χ0n) is 10.6. The van der Waals surface area contributed by atoms with Crippen molar-refractivity contribution in [3.8, 4) is 0 Å². The smallest absolute Gasteiger partial charge is 0.319 e. The summed E-state index contributed by atoms with van der Waals surface area (Å²) >= 11 is 0. The van der Waals surface area contributed by atoms with Gasteiger partial charge in [-0.25, -0.2) is 0 Å². The van der Waals surface area contributed by atoms with Crippen molar-refractivity contribution in [3.63, 3.8) is 0 Å². The number of hydrogen-bond donors (Lipinski definition) is 1. The number of ether oxygens (including phenoxy) is 2. The zero-order valence-corrected chi connectivity index (χ0v) is 10.6. The van der Waals surface area contributed by atoms with E-state index in [1.54, 1.807) is 0 Å². The number of rotatable bonds is 9. The van der Waals surface area contributed by atoms with Crippen LogP contribution in [0.3, 0.4) is 0 Å². The Morgan fingerprint density at radius 2 is 2.12 bits per heavy atom. The maximum Gasteiger partial charge on any atom is 0.319 e. The predicted octanol–water partition coefficient (Wildman–Crippen LogP) is 0.235. The monoisotopic (exact) mass is 232 g/mol. The summed E-state index contributed by atoms with van der Waals surface area (Å²) < 4.78 is 10.1. The van der Waals surface area contributed by atoms with E-state index in [0.717, 1.165) is 19.5 Å². The predicted molar refractivity (Wildman–Crippen MR) is 63.2 cm³/mol. The van der Waals surface area contributed by atoms with E-state index in [9.17, 15) is 4.79 Å². The Balaban J connectivity index is 3.88. The second-order valence-corrected chi connectivity index (χ2v) is 3.55. The fourth-order valence-electron chi connectivity index (χ4n) is 1.43. The van der Waals surface area contributed by atoms with E-state index in [0.29, 0.717) is 19.7 Å². The number of carbonyl (C=O) groups excluding carboxylic acids is 1. The highest BCUT2D eigenvalue weighted by atomic mass is 16.5. The van der Waals surface area contributed by atoms with Crippen LogP contribution in [0.5, 0.6) is 0 Å². The van der Waals surface area contributed by atoms with Gasteiger partial charge in [0.2, 0.25) is 0 Å². The number of methoxy groups -OCH3 is 1. The number of likely N-dealkylation sites (N-methyl/N-ethyl adjacent to an activating group) is 1. The van der Waals surface area contributed by atoms with Gasteiger partial charge in [0.1, 0.15) is 0 Å². The van der Waals surface area contributed by atoms with Gasteiger partial charge in [-0.3, -0.25) is 9.69 Å². The molecule has 2 N–H and O–H groups in total. The zero-order chi connectivity index (χ0) is 12.4. The molecule has 1 atom stereocenters. The Labute approximate surface area is 97.9 Å². The lowest BCUT2D eigenvalue weighted by Crippen LogP contribution is -2.35. The van der Waals surface area contributed by atoms with E-state index in [-0.39, 0.29) is 12.1 Å². The minimum Gasteiger partial charge on any atom is -0.468 e. The van der Waals surface area contributed by atoms with E-state index in [1.807, 2.05) is 18.7 Å². The second kappa shape index (κ2) is 9.57. The van der Waals surface area contributed by atoms with Crippen LogP contribution in [-0.4, -0.2) is 56.9 Å². The highest BCUT2D eigenvalue weighted by Gasteiger charge is 2.12. The van der Waals surface area contributed by atoms with Crippen LogP contribution in [-0.2, 0) is 14.3 Å². The van der Waals surface area contributed by atoms with E-state index in [1.165, 1.54) is 7.11 Å². The number of nitrogens with zero attached hydrogens (tertiary/aromatic N) is 1. The van der Waals surface area contributed by atoms with Crippen molar-refractivity contribution in [2.75, 3.05) is 39.9 Å². The third-order valence-corrected chi connectivity index (χ3v) is 2.46. The van der Waals surface area contributed by atoms with Crippen LogP contribution in [0.4, 0.5) is 0 Å². The van der Waals surface area contributed by atoms with E-state index in [4.69, 9.17) is 10.5 Å². The molecule has 96 valence electrons. The first-order valence-electron chi connectivity index (χ1n) is 5.78. The van der Waals surface area contributed by atoms with Crippen molar-refractivity contribution in [1.82, 2.24) is 4.90 Å². The van der Waals surface area contributed by atoms with Crippen LogP contribution >= 0.6 is 0 Å². The van der Waals surface area contributed by atoms with Crippen molar-refractivity contribution in [1.29, 1.82) is 0 Å². The highest BCUT2D eigenvalue weighted by Crippen LogP contribution is 2.00. The normalized spacial score (nSPS) is 12.8. The molecule has 0 fully saturated rings.